The first-order valence-electron chi connectivity index (χ1n) is 6.26. The van der Waals surface area contributed by atoms with Gasteiger partial charge in [-0.1, -0.05) is 6.07 Å². The molecule has 0 radical (unpaired) electrons. The van der Waals surface area contributed by atoms with Crippen LogP contribution in [0, 0.1) is 0 Å². The third kappa shape index (κ3) is 2.86. The molecule has 2 heterocycles. The summed E-state index contributed by atoms with van der Waals surface area (Å²) in [6, 6.07) is 4.96. The number of hydrogen-bond acceptors (Lipinski definition) is 6. The molecule has 1 aliphatic rings. The Kier molecular flexibility index (Phi) is 3.55. The van der Waals surface area contributed by atoms with Gasteiger partial charge in [-0.2, -0.15) is 0 Å². The fraction of sp³-hybridized carbons (Fsp3) is 0.154. The highest BCUT2D eigenvalue weighted by molar-refractivity contribution is 6.61. The molecule has 1 unspecified atom stereocenters. The van der Waals surface area contributed by atoms with Crippen molar-refractivity contribution in [3.05, 3.63) is 42.4 Å². The lowest BCUT2D eigenvalue weighted by Gasteiger charge is -2.09. The summed E-state index contributed by atoms with van der Waals surface area (Å²) in [5, 5.41) is 18.7. The van der Waals surface area contributed by atoms with Crippen molar-refractivity contribution in [2.75, 3.05) is 0 Å². The zero-order chi connectivity index (χ0) is 14.8. The van der Waals surface area contributed by atoms with Crippen LogP contribution in [0.25, 0.3) is 0 Å². The summed E-state index contributed by atoms with van der Waals surface area (Å²) >= 11 is 0. The van der Waals surface area contributed by atoms with Gasteiger partial charge in [-0.25, -0.2) is 4.98 Å². The first-order chi connectivity index (χ1) is 10.1. The van der Waals surface area contributed by atoms with Crippen LogP contribution < -0.4 is 10.2 Å². The van der Waals surface area contributed by atoms with E-state index in [2.05, 4.69) is 9.97 Å². The summed E-state index contributed by atoms with van der Waals surface area (Å²) in [4.78, 5) is 18.6. The lowest BCUT2D eigenvalue weighted by molar-refractivity contribution is -0.138. The highest BCUT2D eigenvalue weighted by Crippen LogP contribution is 2.29. The van der Waals surface area contributed by atoms with E-state index in [0.29, 0.717) is 22.7 Å². The molecule has 1 atom stereocenters. The van der Waals surface area contributed by atoms with Crippen molar-refractivity contribution in [2.24, 2.45) is 0 Å². The number of rotatable bonds is 4. The molecule has 1 aromatic carbocycles. The van der Waals surface area contributed by atoms with Crippen LogP contribution in [0.1, 0.15) is 18.1 Å². The first-order valence-corrected chi connectivity index (χ1v) is 6.26. The molecule has 106 valence electrons. The Morgan fingerprint density at radius 1 is 1.43 bits per heavy atom. The van der Waals surface area contributed by atoms with Crippen LogP contribution in [0.15, 0.2) is 36.8 Å². The SMILES string of the molecule is O=C(O)CC1OB(O)c2cc(Oc3cnccn3)ccc21. The Balaban J connectivity index is 1.85. The minimum absolute atomic E-state index is 0.200. The molecular weight excluding hydrogens is 275 g/mol. The molecule has 8 heteroatoms. The maximum Gasteiger partial charge on any atom is 0.492 e. The van der Waals surface area contributed by atoms with Gasteiger partial charge >= 0.3 is 13.1 Å². The molecule has 3 rings (SSSR count). The van der Waals surface area contributed by atoms with Crippen LogP contribution in [0.4, 0.5) is 0 Å². The summed E-state index contributed by atoms with van der Waals surface area (Å²) in [6.45, 7) is 0. The van der Waals surface area contributed by atoms with Gasteiger partial charge in [0.1, 0.15) is 5.75 Å². The predicted octanol–water partition coefficient (Wildman–Crippen LogP) is 0.502. The number of benzene rings is 1. The second kappa shape index (κ2) is 5.51. The van der Waals surface area contributed by atoms with Crippen molar-refractivity contribution in [1.29, 1.82) is 0 Å². The molecule has 21 heavy (non-hydrogen) atoms. The van der Waals surface area contributed by atoms with E-state index < -0.39 is 19.2 Å². The smallest absolute Gasteiger partial charge is 0.481 e. The number of aliphatic carboxylic acids is 1. The number of nitrogens with zero attached hydrogens (tertiary/aromatic N) is 2. The van der Waals surface area contributed by atoms with E-state index in [1.807, 2.05) is 0 Å². The van der Waals surface area contributed by atoms with Crippen LogP contribution in [-0.4, -0.2) is 33.2 Å². The first kappa shape index (κ1) is 13.5. The van der Waals surface area contributed by atoms with Gasteiger partial charge in [0.15, 0.2) is 0 Å². The topological polar surface area (TPSA) is 102 Å². The van der Waals surface area contributed by atoms with Crippen molar-refractivity contribution in [2.45, 2.75) is 12.5 Å². The Bertz CT molecular complexity index is 667. The van der Waals surface area contributed by atoms with E-state index in [0.717, 1.165) is 0 Å². The van der Waals surface area contributed by atoms with Gasteiger partial charge in [0.25, 0.3) is 0 Å². The van der Waals surface area contributed by atoms with Crippen LogP contribution in [0.2, 0.25) is 0 Å². The molecule has 1 aromatic heterocycles. The zero-order valence-corrected chi connectivity index (χ0v) is 10.8. The van der Waals surface area contributed by atoms with E-state index in [-0.39, 0.29) is 6.42 Å². The summed E-state index contributed by atoms with van der Waals surface area (Å²) < 4.78 is 10.8. The second-order valence-electron chi connectivity index (χ2n) is 4.51. The monoisotopic (exact) mass is 286 g/mol. The number of fused-ring (bicyclic) bond motifs is 1. The molecule has 0 amide bonds. The number of carboxylic acid groups (broad SMARTS) is 1. The van der Waals surface area contributed by atoms with Gasteiger partial charge < -0.3 is 19.5 Å². The minimum atomic E-state index is -1.16. The third-order valence-corrected chi connectivity index (χ3v) is 3.09. The van der Waals surface area contributed by atoms with Crippen molar-refractivity contribution >= 4 is 18.6 Å². The summed E-state index contributed by atoms with van der Waals surface area (Å²) in [6.07, 6.45) is 3.65. The minimum Gasteiger partial charge on any atom is -0.481 e. The van der Waals surface area contributed by atoms with E-state index in [9.17, 15) is 9.82 Å². The molecule has 7 nitrogen and oxygen atoms in total. The predicted molar refractivity (Wildman–Crippen MR) is 72.2 cm³/mol. The van der Waals surface area contributed by atoms with Gasteiger partial charge in [0, 0.05) is 12.4 Å². The fourth-order valence-electron chi connectivity index (χ4n) is 2.20. The lowest BCUT2D eigenvalue weighted by atomic mass is 9.79. The summed E-state index contributed by atoms with van der Waals surface area (Å²) in [5.41, 5.74) is 1.15. The van der Waals surface area contributed by atoms with Gasteiger partial charge in [-0.05, 0) is 23.2 Å². The summed E-state index contributed by atoms with van der Waals surface area (Å²) in [5.74, 6) is -0.194. The fourth-order valence-corrected chi connectivity index (χ4v) is 2.20. The number of hydrogen-bond donors (Lipinski definition) is 2. The van der Waals surface area contributed by atoms with Gasteiger partial charge in [0.2, 0.25) is 5.88 Å². The average molecular weight is 286 g/mol. The second-order valence-corrected chi connectivity index (χ2v) is 4.51. The normalized spacial score (nSPS) is 16.6. The number of aromatic nitrogens is 2. The molecule has 0 bridgehead atoms. The van der Waals surface area contributed by atoms with Crippen molar-refractivity contribution in [3.8, 4) is 11.6 Å². The summed E-state index contributed by atoms with van der Waals surface area (Å²) in [7, 11) is -1.16. The van der Waals surface area contributed by atoms with Crippen molar-refractivity contribution in [1.82, 2.24) is 9.97 Å². The third-order valence-electron chi connectivity index (χ3n) is 3.09. The van der Waals surface area contributed by atoms with E-state index in [4.69, 9.17) is 14.5 Å². The molecule has 1 aliphatic heterocycles. The molecule has 0 spiro atoms. The number of ether oxygens (including phenoxy) is 1. The molecule has 2 aromatic rings. The standard InChI is InChI=1S/C13H11BN2O5/c17-13(18)6-11-9-2-1-8(5-10(9)14(19)21-11)20-12-7-15-3-4-16-12/h1-5,7,11,19H,6H2,(H,17,18). The van der Waals surface area contributed by atoms with Gasteiger partial charge in [-0.15, -0.1) is 0 Å². The number of carboxylic acids is 1. The number of carbonyl (C=O) groups is 1. The van der Waals surface area contributed by atoms with E-state index in [1.54, 1.807) is 18.2 Å². The van der Waals surface area contributed by atoms with Crippen LogP contribution in [0.5, 0.6) is 11.6 Å². The molecular formula is C13H11BN2O5. The maximum atomic E-state index is 10.8. The van der Waals surface area contributed by atoms with E-state index >= 15 is 0 Å². The van der Waals surface area contributed by atoms with Crippen LogP contribution in [0.3, 0.4) is 0 Å². The molecule has 0 saturated heterocycles. The average Bonchev–Trinajstić information content (AvgIpc) is 2.75. The molecule has 2 N–H and O–H groups in total. The molecule has 0 aliphatic carbocycles. The highest BCUT2D eigenvalue weighted by Gasteiger charge is 2.36. The van der Waals surface area contributed by atoms with Gasteiger partial charge in [0.05, 0.1) is 18.7 Å². The van der Waals surface area contributed by atoms with Crippen molar-refractivity contribution < 1.29 is 24.3 Å². The largest absolute Gasteiger partial charge is 0.492 e. The lowest BCUT2D eigenvalue weighted by Crippen LogP contribution is -2.28. The van der Waals surface area contributed by atoms with E-state index in [1.165, 1.54) is 18.6 Å². The van der Waals surface area contributed by atoms with Crippen LogP contribution >= 0.6 is 0 Å². The Morgan fingerprint density at radius 2 is 2.29 bits per heavy atom. The van der Waals surface area contributed by atoms with Crippen LogP contribution in [-0.2, 0) is 9.45 Å². The zero-order valence-electron chi connectivity index (χ0n) is 10.8. The Morgan fingerprint density at radius 3 is 3.00 bits per heavy atom. The quantitative estimate of drug-likeness (QED) is 0.789. The van der Waals surface area contributed by atoms with Gasteiger partial charge in [-0.3, -0.25) is 9.78 Å². The Hall–Kier alpha value is -2.45. The highest BCUT2D eigenvalue weighted by atomic mass is 16.5. The Labute approximate surface area is 120 Å². The molecule has 0 saturated carbocycles. The van der Waals surface area contributed by atoms with Crippen molar-refractivity contribution in [3.63, 3.8) is 0 Å². The molecule has 0 fully saturated rings. The maximum absolute atomic E-state index is 10.8.